The van der Waals surface area contributed by atoms with Gasteiger partial charge in [0.25, 0.3) is 0 Å². The molecule has 0 aliphatic heterocycles. The van der Waals surface area contributed by atoms with Gasteiger partial charge in [-0.05, 0) is 64.2 Å². The molecule has 2 aromatic heterocycles. The molecular weight excluding hydrogens is 794 g/mol. The van der Waals surface area contributed by atoms with E-state index in [9.17, 15) is 5.11 Å². The Morgan fingerprint density at radius 3 is 2.08 bits per heavy atom. The molecule has 0 fully saturated rings. The van der Waals surface area contributed by atoms with Crippen LogP contribution in [0.15, 0.2) is 152 Å². The number of hydrogen-bond donors (Lipinski definition) is 1. The number of rotatable bonds is 5. The molecule has 0 atom stereocenters. The van der Waals surface area contributed by atoms with E-state index in [-0.39, 0.29) is 32.2 Å². The molecule has 0 amide bonds. The molecule has 8 aromatic rings. The first-order valence-corrected chi connectivity index (χ1v) is 16.6. The third kappa shape index (κ3) is 5.11. The fraction of sp³-hybridized carbons (Fsp3) is 0.0667. The van der Waals surface area contributed by atoms with Gasteiger partial charge < -0.3 is 5.11 Å². The van der Waals surface area contributed by atoms with E-state index >= 15 is 0 Å². The molecule has 0 bridgehead atoms. The SMILES string of the molecule is CC1(C)c2ccccc2-c2cc(-c3nc4c(-c5[c-]c(-c6ccccn6)cc(-c6ccccc6)c5)cccc4n3-c3ccccc3)c(O)cc21.[Pt]. The number of pyridine rings is 1. The van der Waals surface area contributed by atoms with E-state index in [0.29, 0.717) is 11.4 Å². The first kappa shape index (κ1) is 31.7. The van der Waals surface area contributed by atoms with Crippen LogP contribution in [0.5, 0.6) is 5.75 Å². The zero-order valence-corrected chi connectivity index (χ0v) is 29.8. The Labute approximate surface area is 306 Å². The van der Waals surface area contributed by atoms with Gasteiger partial charge in [-0.2, -0.15) is 0 Å². The quantitative estimate of drug-likeness (QED) is 0.176. The predicted octanol–water partition coefficient (Wildman–Crippen LogP) is 10.9. The minimum Gasteiger partial charge on any atom is -0.507 e. The summed E-state index contributed by atoms with van der Waals surface area (Å²) in [6.45, 7) is 4.45. The number of aromatic hydroxyl groups is 1. The van der Waals surface area contributed by atoms with E-state index < -0.39 is 0 Å². The molecule has 0 saturated carbocycles. The molecule has 1 N–H and O–H groups in total. The fourth-order valence-electron chi connectivity index (χ4n) is 7.42. The first-order chi connectivity index (χ1) is 24.0. The maximum Gasteiger partial charge on any atom is 0.148 e. The van der Waals surface area contributed by atoms with Crippen molar-refractivity contribution in [2.24, 2.45) is 0 Å². The van der Waals surface area contributed by atoms with Gasteiger partial charge in [0.15, 0.2) is 0 Å². The summed E-state index contributed by atoms with van der Waals surface area (Å²) in [5.41, 5.74) is 13.7. The normalized spacial score (nSPS) is 12.7. The van der Waals surface area contributed by atoms with E-state index in [4.69, 9.17) is 4.98 Å². The molecule has 0 unspecified atom stereocenters. The molecule has 5 heteroatoms. The molecule has 0 spiro atoms. The van der Waals surface area contributed by atoms with Gasteiger partial charge in [-0.25, -0.2) is 4.98 Å². The molecule has 4 nitrogen and oxygen atoms in total. The van der Waals surface area contributed by atoms with Crippen molar-refractivity contribution < 1.29 is 26.2 Å². The van der Waals surface area contributed by atoms with Crippen molar-refractivity contribution in [2.75, 3.05) is 0 Å². The maximum atomic E-state index is 11.8. The molecule has 9 rings (SSSR count). The number of imidazole rings is 1. The summed E-state index contributed by atoms with van der Waals surface area (Å²) in [7, 11) is 0. The van der Waals surface area contributed by atoms with E-state index in [0.717, 1.165) is 61.4 Å². The van der Waals surface area contributed by atoms with Gasteiger partial charge in [0.1, 0.15) is 11.6 Å². The second-order valence-electron chi connectivity index (χ2n) is 13.1. The molecule has 1 aliphatic carbocycles. The molecule has 0 saturated heterocycles. The van der Waals surface area contributed by atoms with Crippen LogP contribution in [-0.4, -0.2) is 19.6 Å². The van der Waals surface area contributed by atoms with E-state index in [1.54, 1.807) is 0 Å². The van der Waals surface area contributed by atoms with Crippen molar-refractivity contribution in [3.05, 3.63) is 169 Å². The van der Waals surface area contributed by atoms with Crippen LogP contribution in [0.2, 0.25) is 0 Å². The zero-order chi connectivity index (χ0) is 33.1. The Kier molecular flexibility index (Phi) is 7.85. The van der Waals surface area contributed by atoms with Gasteiger partial charge in [-0.3, -0.25) is 9.55 Å². The second-order valence-corrected chi connectivity index (χ2v) is 13.1. The minimum absolute atomic E-state index is 0. The van der Waals surface area contributed by atoms with Crippen LogP contribution in [0.1, 0.15) is 25.0 Å². The Morgan fingerprint density at radius 2 is 1.30 bits per heavy atom. The van der Waals surface area contributed by atoms with Crippen LogP contribution in [0.4, 0.5) is 0 Å². The van der Waals surface area contributed by atoms with Crippen LogP contribution < -0.4 is 0 Å². The smallest absolute Gasteiger partial charge is 0.148 e. The number of para-hydroxylation sites is 2. The molecule has 0 radical (unpaired) electrons. The standard InChI is InChI=1S/C45H32N3O.Pt/c1-45(2)38-20-10-9-18-35(38)36-27-37(42(49)28-39(36)45)44-47-43-34(19-13-22-41(43)48(44)33-16-7-4-8-17-33)31-24-30(29-14-5-3-6-15-29)25-32(26-31)40-21-11-12-23-46-40;/h3-25,27-28,49H,1-2H3;/q-1;. The van der Waals surface area contributed by atoms with Crippen LogP contribution in [-0.2, 0) is 26.5 Å². The Bertz CT molecular complexity index is 2470. The number of benzene rings is 6. The minimum atomic E-state index is -0.223. The van der Waals surface area contributed by atoms with Gasteiger partial charge in [-0.15, -0.1) is 23.8 Å². The zero-order valence-electron chi connectivity index (χ0n) is 27.5. The predicted molar refractivity (Wildman–Crippen MR) is 199 cm³/mol. The van der Waals surface area contributed by atoms with Crippen molar-refractivity contribution >= 4 is 11.0 Å². The summed E-state index contributed by atoms with van der Waals surface area (Å²) in [6, 6.07) is 53.5. The van der Waals surface area contributed by atoms with Gasteiger partial charge in [0.2, 0.25) is 0 Å². The van der Waals surface area contributed by atoms with Crippen LogP contribution in [0.3, 0.4) is 0 Å². The van der Waals surface area contributed by atoms with Crippen LogP contribution in [0.25, 0.3) is 72.7 Å². The van der Waals surface area contributed by atoms with E-state index in [1.807, 2.05) is 54.7 Å². The fourth-order valence-corrected chi connectivity index (χ4v) is 7.42. The van der Waals surface area contributed by atoms with Gasteiger partial charge in [-0.1, -0.05) is 128 Å². The van der Waals surface area contributed by atoms with Crippen molar-refractivity contribution in [1.29, 1.82) is 0 Å². The van der Waals surface area contributed by atoms with E-state index in [1.165, 1.54) is 11.1 Å². The topological polar surface area (TPSA) is 50.9 Å². The van der Waals surface area contributed by atoms with Crippen molar-refractivity contribution in [3.63, 3.8) is 0 Å². The third-order valence-corrected chi connectivity index (χ3v) is 9.85. The summed E-state index contributed by atoms with van der Waals surface area (Å²) in [5.74, 6) is 0.893. The monoisotopic (exact) mass is 825 g/mol. The average molecular weight is 826 g/mol. The number of hydrogen-bond acceptors (Lipinski definition) is 3. The Balaban J connectivity index is 0.00000361. The van der Waals surface area contributed by atoms with Crippen molar-refractivity contribution in [2.45, 2.75) is 19.3 Å². The number of nitrogens with zero attached hydrogens (tertiary/aromatic N) is 3. The van der Waals surface area contributed by atoms with Crippen molar-refractivity contribution in [3.8, 4) is 67.5 Å². The van der Waals surface area contributed by atoms with Gasteiger partial charge in [0, 0.05) is 44.1 Å². The maximum absolute atomic E-state index is 11.8. The summed E-state index contributed by atoms with van der Waals surface area (Å²) >= 11 is 0. The summed E-state index contributed by atoms with van der Waals surface area (Å²) < 4.78 is 2.16. The third-order valence-electron chi connectivity index (χ3n) is 9.85. The van der Waals surface area contributed by atoms with Crippen LogP contribution >= 0.6 is 0 Å². The summed E-state index contributed by atoms with van der Waals surface area (Å²) in [4.78, 5) is 10.1. The van der Waals surface area contributed by atoms with Gasteiger partial charge in [0.05, 0.1) is 16.6 Å². The van der Waals surface area contributed by atoms with Crippen molar-refractivity contribution in [1.82, 2.24) is 14.5 Å². The molecule has 1 aliphatic rings. The Hall–Kier alpha value is -5.57. The molecule has 50 heavy (non-hydrogen) atoms. The second kappa shape index (κ2) is 12.4. The Morgan fingerprint density at radius 1 is 0.600 bits per heavy atom. The van der Waals surface area contributed by atoms with E-state index in [2.05, 4.69) is 127 Å². The number of fused-ring (bicyclic) bond motifs is 4. The molecule has 244 valence electrons. The largest absolute Gasteiger partial charge is 0.507 e. The summed E-state index contributed by atoms with van der Waals surface area (Å²) in [6.07, 6.45) is 1.81. The summed E-state index contributed by atoms with van der Waals surface area (Å²) in [5, 5.41) is 11.8. The molecular formula is C45H32N3OPt-. The molecule has 6 aromatic carbocycles. The number of phenolic OH excluding ortho intramolecular Hbond substituents is 1. The average Bonchev–Trinajstić information content (AvgIpc) is 3.64. The number of aromatic nitrogens is 3. The van der Waals surface area contributed by atoms with Gasteiger partial charge >= 0.3 is 0 Å². The first-order valence-electron chi connectivity index (χ1n) is 16.6. The molecule has 2 heterocycles. The van der Waals surface area contributed by atoms with Crippen LogP contribution in [0, 0.1) is 6.07 Å². The number of phenols is 1.